The molecule has 0 fully saturated rings. The van der Waals surface area contributed by atoms with Gasteiger partial charge in [-0.25, -0.2) is 8.78 Å². The van der Waals surface area contributed by atoms with E-state index in [1.54, 1.807) is 0 Å². The van der Waals surface area contributed by atoms with Crippen LogP contribution in [-0.4, -0.2) is 10.9 Å². The Morgan fingerprint density at radius 2 is 1.82 bits per heavy atom. The molecule has 3 N–H and O–H groups in total. The monoisotopic (exact) mass is 258 g/mol. The minimum Gasteiger partial charge on any atom is -0.392 e. The number of thiocarbonyl (C=S) groups is 1. The number of hydrogen-bond acceptors (Lipinski definition) is 2. The molecule has 17 heavy (non-hydrogen) atoms. The predicted octanol–water partition coefficient (Wildman–Crippen LogP) is 2.22. The minimum atomic E-state index is -1.18. The zero-order chi connectivity index (χ0) is 13.2. The highest BCUT2D eigenvalue weighted by Gasteiger charge is 2.31. The third-order valence-electron chi connectivity index (χ3n) is 2.38. The van der Waals surface area contributed by atoms with Crippen molar-refractivity contribution in [3.05, 3.63) is 29.8 Å². The van der Waals surface area contributed by atoms with Gasteiger partial charge in [0, 0.05) is 0 Å². The Bertz CT molecular complexity index is 454. The van der Waals surface area contributed by atoms with Crippen LogP contribution in [0.5, 0.6) is 0 Å². The summed E-state index contributed by atoms with van der Waals surface area (Å²) < 4.78 is 26.6. The van der Waals surface area contributed by atoms with Crippen LogP contribution in [-0.2, 0) is 4.79 Å². The molecule has 6 heteroatoms. The summed E-state index contributed by atoms with van der Waals surface area (Å²) in [5.41, 5.74) is 3.71. The van der Waals surface area contributed by atoms with Crippen molar-refractivity contribution < 1.29 is 13.6 Å². The molecule has 0 aliphatic rings. The van der Waals surface area contributed by atoms with Crippen molar-refractivity contribution >= 4 is 28.8 Å². The highest BCUT2D eigenvalue weighted by Crippen LogP contribution is 2.23. The maximum absolute atomic E-state index is 13.3. The molecule has 1 aromatic carbocycles. The van der Waals surface area contributed by atoms with Gasteiger partial charge in [-0.1, -0.05) is 18.3 Å². The number of amides is 1. The van der Waals surface area contributed by atoms with Crippen LogP contribution in [0.15, 0.2) is 18.2 Å². The van der Waals surface area contributed by atoms with Gasteiger partial charge in [0.2, 0.25) is 5.91 Å². The molecular weight excluding hydrogens is 246 g/mol. The van der Waals surface area contributed by atoms with E-state index in [1.165, 1.54) is 19.9 Å². The maximum atomic E-state index is 13.3. The van der Waals surface area contributed by atoms with Crippen molar-refractivity contribution in [2.24, 2.45) is 11.1 Å². The van der Waals surface area contributed by atoms with Gasteiger partial charge in [0.1, 0.15) is 17.3 Å². The molecule has 0 heterocycles. The van der Waals surface area contributed by atoms with E-state index in [0.717, 1.165) is 12.1 Å². The molecule has 3 nitrogen and oxygen atoms in total. The number of para-hydroxylation sites is 1. The molecule has 0 radical (unpaired) electrons. The fraction of sp³-hybridized carbons (Fsp3) is 0.273. The highest BCUT2D eigenvalue weighted by atomic mass is 32.1. The molecule has 1 rings (SSSR count). The van der Waals surface area contributed by atoms with Gasteiger partial charge >= 0.3 is 0 Å². The van der Waals surface area contributed by atoms with Crippen LogP contribution < -0.4 is 11.1 Å². The van der Waals surface area contributed by atoms with Crippen LogP contribution in [0.2, 0.25) is 0 Å². The predicted molar refractivity (Wildman–Crippen MR) is 65.6 cm³/mol. The van der Waals surface area contributed by atoms with E-state index in [1.807, 2.05) is 0 Å². The number of anilines is 1. The first-order chi connectivity index (χ1) is 7.76. The summed E-state index contributed by atoms with van der Waals surface area (Å²) in [6.45, 7) is 2.95. The van der Waals surface area contributed by atoms with Gasteiger partial charge < -0.3 is 11.1 Å². The molecule has 0 unspecified atom stereocenters. The Morgan fingerprint density at radius 1 is 1.35 bits per heavy atom. The van der Waals surface area contributed by atoms with E-state index >= 15 is 0 Å². The number of nitrogens with two attached hydrogens (primary N) is 1. The fourth-order valence-electron chi connectivity index (χ4n) is 0.999. The van der Waals surface area contributed by atoms with Crippen molar-refractivity contribution in [3.63, 3.8) is 0 Å². The summed E-state index contributed by atoms with van der Waals surface area (Å²) in [6.07, 6.45) is 0. The molecule has 0 saturated carbocycles. The SMILES string of the molecule is CC(C)(C(=O)Nc1c(F)cccc1F)C(N)=S. The molecule has 0 aromatic heterocycles. The number of rotatable bonds is 3. The maximum Gasteiger partial charge on any atom is 0.237 e. The minimum absolute atomic E-state index is 0.0493. The average molecular weight is 258 g/mol. The number of halogens is 2. The van der Waals surface area contributed by atoms with E-state index in [2.05, 4.69) is 5.32 Å². The normalized spacial score (nSPS) is 11.1. The topological polar surface area (TPSA) is 55.1 Å². The van der Waals surface area contributed by atoms with Crippen LogP contribution in [0.1, 0.15) is 13.8 Å². The molecule has 0 aliphatic carbocycles. The van der Waals surface area contributed by atoms with Gasteiger partial charge in [-0.15, -0.1) is 0 Å². The largest absolute Gasteiger partial charge is 0.392 e. The van der Waals surface area contributed by atoms with Crippen LogP contribution >= 0.6 is 12.2 Å². The summed E-state index contributed by atoms with van der Waals surface area (Å²) in [7, 11) is 0. The summed E-state index contributed by atoms with van der Waals surface area (Å²) >= 11 is 4.72. The van der Waals surface area contributed by atoms with E-state index in [-0.39, 0.29) is 4.99 Å². The van der Waals surface area contributed by atoms with Gasteiger partial charge in [-0.3, -0.25) is 4.79 Å². The van der Waals surface area contributed by atoms with Crippen LogP contribution in [0.3, 0.4) is 0 Å². The molecule has 0 atom stereocenters. The standard InChI is InChI=1S/C11H12F2N2OS/c1-11(2,9(14)17)10(16)15-8-6(12)4-3-5-7(8)13/h3-5H,1-2H3,(H2,14,17)(H,15,16). The highest BCUT2D eigenvalue weighted by molar-refractivity contribution is 7.80. The smallest absolute Gasteiger partial charge is 0.237 e. The number of carbonyl (C=O) groups is 1. The second-order valence-corrected chi connectivity index (χ2v) is 4.48. The first-order valence-electron chi connectivity index (χ1n) is 4.82. The Labute approximate surface area is 103 Å². The number of carbonyl (C=O) groups excluding carboxylic acids is 1. The van der Waals surface area contributed by atoms with Gasteiger partial charge in [0.25, 0.3) is 0 Å². The van der Waals surface area contributed by atoms with Crippen molar-refractivity contribution in [3.8, 4) is 0 Å². The lowest BCUT2D eigenvalue weighted by Gasteiger charge is -2.22. The zero-order valence-electron chi connectivity index (χ0n) is 9.38. The van der Waals surface area contributed by atoms with Crippen molar-refractivity contribution in [1.82, 2.24) is 0 Å². The van der Waals surface area contributed by atoms with Crippen LogP contribution in [0.25, 0.3) is 0 Å². The van der Waals surface area contributed by atoms with Gasteiger partial charge in [-0.05, 0) is 26.0 Å². The third-order valence-corrected chi connectivity index (χ3v) is 2.90. The summed E-state index contributed by atoms with van der Waals surface area (Å²) in [6, 6.07) is 3.30. The third kappa shape index (κ3) is 2.76. The number of hydrogen-bond donors (Lipinski definition) is 2. The van der Waals surface area contributed by atoms with Gasteiger partial charge in [0.15, 0.2) is 0 Å². The number of benzene rings is 1. The zero-order valence-corrected chi connectivity index (χ0v) is 10.2. The van der Waals surface area contributed by atoms with Crippen molar-refractivity contribution in [1.29, 1.82) is 0 Å². The molecule has 1 aromatic rings. The summed E-state index contributed by atoms with van der Waals surface area (Å²) in [4.78, 5) is 11.7. The molecule has 92 valence electrons. The van der Waals surface area contributed by atoms with Crippen molar-refractivity contribution in [2.75, 3.05) is 5.32 Å². The second-order valence-electron chi connectivity index (χ2n) is 4.04. The van der Waals surface area contributed by atoms with E-state index in [9.17, 15) is 13.6 Å². The Hall–Kier alpha value is -1.56. The quantitative estimate of drug-likeness (QED) is 0.817. The van der Waals surface area contributed by atoms with E-state index in [4.69, 9.17) is 18.0 Å². The van der Waals surface area contributed by atoms with Crippen LogP contribution in [0, 0.1) is 17.0 Å². The molecular formula is C11H12F2N2OS. The molecule has 1 amide bonds. The Morgan fingerprint density at radius 3 is 2.24 bits per heavy atom. The first kappa shape index (κ1) is 13.5. The Balaban J connectivity index is 3.00. The lowest BCUT2D eigenvalue weighted by atomic mass is 9.92. The molecule has 0 bridgehead atoms. The molecule has 0 saturated heterocycles. The molecule has 0 aliphatic heterocycles. The number of nitrogens with one attached hydrogen (secondary N) is 1. The average Bonchev–Trinajstić information content (AvgIpc) is 2.23. The van der Waals surface area contributed by atoms with Gasteiger partial charge in [-0.2, -0.15) is 0 Å². The fourth-order valence-corrected chi connectivity index (χ4v) is 1.09. The van der Waals surface area contributed by atoms with Crippen LogP contribution in [0.4, 0.5) is 14.5 Å². The lowest BCUT2D eigenvalue weighted by molar-refractivity contribution is -0.121. The summed E-state index contributed by atoms with van der Waals surface area (Å²) in [5.74, 6) is -2.36. The second kappa shape index (κ2) is 4.75. The summed E-state index contributed by atoms with van der Waals surface area (Å²) in [5, 5.41) is 2.14. The Kier molecular flexibility index (Phi) is 3.77. The van der Waals surface area contributed by atoms with E-state index in [0.29, 0.717) is 0 Å². The molecule has 0 spiro atoms. The lowest BCUT2D eigenvalue weighted by Crippen LogP contribution is -2.41. The first-order valence-corrected chi connectivity index (χ1v) is 5.23. The van der Waals surface area contributed by atoms with Gasteiger partial charge in [0.05, 0.1) is 10.4 Å². The van der Waals surface area contributed by atoms with E-state index < -0.39 is 28.6 Å². The van der Waals surface area contributed by atoms with Crippen molar-refractivity contribution in [2.45, 2.75) is 13.8 Å².